The molecule has 0 amide bonds. The fourth-order valence-electron chi connectivity index (χ4n) is 1.90. The van der Waals surface area contributed by atoms with Gasteiger partial charge < -0.3 is 10.1 Å². The van der Waals surface area contributed by atoms with Crippen LogP contribution >= 0.6 is 0 Å². The van der Waals surface area contributed by atoms with E-state index in [4.69, 9.17) is 7.74 Å². The number of rotatable bonds is 2. The van der Waals surface area contributed by atoms with E-state index >= 15 is 0 Å². The summed E-state index contributed by atoms with van der Waals surface area (Å²) in [5.41, 5.74) is 2.79. The monoisotopic (exact) mass is 232 g/mol. The van der Waals surface area contributed by atoms with E-state index in [2.05, 4.69) is 15.2 Å². The third-order valence-electron chi connectivity index (χ3n) is 2.83. The molecule has 0 aliphatic carbocycles. The van der Waals surface area contributed by atoms with Crippen molar-refractivity contribution in [2.75, 3.05) is 0 Å². The third kappa shape index (κ3) is 1.66. The predicted molar refractivity (Wildman–Crippen MR) is 72.1 cm³/mol. The smallest absolute Gasteiger partial charge is 0.159 e. The molecule has 0 aliphatic heterocycles. The molecular weight excluding hydrogens is 224 g/mol. The van der Waals surface area contributed by atoms with Gasteiger partial charge in [-0.15, -0.1) is 10.2 Å². The summed E-state index contributed by atoms with van der Waals surface area (Å²) in [5, 5.41) is 18.9. The molecule has 83 valence electrons. The largest absolute Gasteiger partial charge is 0.507 e. The van der Waals surface area contributed by atoms with Gasteiger partial charge in [0.1, 0.15) is 5.75 Å². The molecule has 4 nitrogen and oxygen atoms in total. The lowest BCUT2D eigenvalue weighted by Crippen LogP contribution is -2.12. The van der Waals surface area contributed by atoms with Crippen molar-refractivity contribution in [2.24, 2.45) is 0 Å². The summed E-state index contributed by atoms with van der Waals surface area (Å²) in [4.78, 5) is 2.99. The van der Waals surface area contributed by atoms with E-state index in [1.54, 1.807) is 24.4 Å². The van der Waals surface area contributed by atoms with Crippen molar-refractivity contribution >= 4 is 31.4 Å². The van der Waals surface area contributed by atoms with Gasteiger partial charge in [0.25, 0.3) is 0 Å². The summed E-state index contributed by atoms with van der Waals surface area (Å²) in [7, 11) is 7.05. The topological polar surface area (TPSA) is 61.8 Å². The lowest BCUT2D eigenvalue weighted by atomic mass is 9.51. The molecule has 2 N–H and O–H groups in total. The number of aromatic hydroxyl groups is 1. The Morgan fingerprint density at radius 2 is 2.06 bits per heavy atom. The number of fused-ring (bicyclic) bond motifs is 1. The Morgan fingerprint density at radius 1 is 1.22 bits per heavy atom. The number of phenols is 1. The first-order valence-corrected chi connectivity index (χ1v) is 5.47. The summed E-state index contributed by atoms with van der Waals surface area (Å²) >= 11 is 0. The van der Waals surface area contributed by atoms with E-state index in [1.165, 1.54) is 7.17 Å². The van der Waals surface area contributed by atoms with Crippen LogP contribution in [0.25, 0.3) is 22.3 Å². The molecule has 0 spiro atoms. The predicted octanol–water partition coefficient (Wildman–Crippen LogP) is 0.743. The molecule has 2 heterocycles. The van der Waals surface area contributed by atoms with E-state index in [9.17, 15) is 5.11 Å². The number of nitrogens with zero attached hydrogens (tertiary/aromatic N) is 2. The second-order valence-electron chi connectivity index (χ2n) is 3.92. The van der Waals surface area contributed by atoms with E-state index in [-0.39, 0.29) is 5.75 Å². The highest BCUT2D eigenvalue weighted by Crippen LogP contribution is 2.27. The van der Waals surface area contributed by atoms with Crippen LogP contribution in [0.2, 0.25) is 0 Å². The first-order valence-electron chi connectivity index (χ1n) is 5.47. The molecule has 0 fully saturated rings. The van der Waals surface area contributed by atoms with Crippen molar-refractivity contribution in [1.82, 2.24) is 15.2 Å². The SMILES string of the molecule is [B][B]c1c[nH]c2nnc(-c3ccccc3O)cc12. The summed E-state index contributed by atoms with van der Waals surface area (Å²) in [6.07, 6.45) is 1.77. The minimum absolute atomic E-state index is 0.181. The Hall–Kier alpha value is -2.23. The van der Waals surface area contributed by atoms with Crippen LogP contribution in [0.5, 0.6) is 5.75 Å². The van der Waals surface area contributed by atoms with E-state index in [1.807, 2.05) is 12.1 Å². The van der Waals surface area contributed by atoms with Crippen molar-refractivity contribution < 1.29 is 5.11 Å². The van der Waals surface area contributed by atoms with Crippen molar-refractivity contribution in [3.8, 4) is 17.0 Å². The van der Waals surface area contributed by atoms with Gasteiger partial charge in [0.2, 0.25) is 0 Å². The maximum Gasteiger partial charge on any atom is 0.159 e. The number of para-hydroxylation sites is 1. The van der Waals surface area contributed by atoms with Crippen molar-refractivity contribution in [3.05, 3.63) is 36.5 Å². The van der Waals surface area contributed by atoms with E-state index in [0.29, 0.717) is 16.9 Å². The zero-order valence-corrected chi connectivity index (χ0v) is 9.46. The van der Waals surface area contributed by atoms with Crippen LogP contribution in [0, 0.1) is 0 Å². The average molecular weight is 232 g/mol. The molecule has 0 saturated carbocycles. The standard InChI is InChI=1S/C12H8B2N3O/c13-14-9-6-15-12-8(9)5-10(16-17-12)7-3-1-2-4-11(7)18/h1-6,18H,(H,15,17). The molecule has 3 radical (unpaired) electrons. The van der Waals surface area contributed by atoms with Crippen molar-refractivity contribution in [3.63, 3.8) is 0 Å². The molecule has 1 aromatic carbocycles. The van der Waals surface area contributed by atoms with E-state index < -0.39 is 0 Å². The molecule has 0 bridgehead atoms. The van der Waals surface area contributed by atoms with Crippen LogP contribution in [0.1, 0.15) is 0 Å². The molecule has 3 rings (SSSR count). The van der Waals surface area contributed by atoms with Gasteiger partial charge in [-0.1, -0.05) is 17.6 Å². The zero-order valence-electron chi connectivity index (χ0n) is 9.46. The second kappa shape index (κ2) is 4.22. The molecule has 3 aromatic rings. The first-order chi connectivity index (χ1) is 8.79. The van der Waals surface area contributed by atoms with Gasteiger partial charge in [0.05, 0.1) is 12.9 Å². The van der Waals surface area contributed by atoms with Crippen molar-refractivity contribution in [1.29, 1.82) is 0 Å². The van der Waals surface area contributed by atoms with Gasteiger partial charge in [-0.2, -0.15) is 0 Å². The molecule has 0 saturated heterocycles. The minimum Gasteiger partial charge on any atom is -0.507 e. The van der Waals surface area contributed by atoms with Crippen molar-refractivity contribution in [2.45, 2.75) is 0 Å². The quantitative estimate of drug-likeness (QED) is 0.640. The maximum absolute atomic E-state index is 9.81. The van der Waals surface area contributed by atoms with Crippen LogP contribution in [-0.2, 0) is 0 Å². The molecule has 0 aliphatic rings. The Balaban J connectivity index is 2.21. The average Bonchev–Trinajstić information content (AvgIpc) is 2.81. The molecule has 0 unspecified atom stereocenters. The molecule has 6 heteroatoms. The maximum atomic E-state index is 9.81. The zero-order chi connectivity index (χ0) is 12.5. The van der Waals surface area contributed by atoms with Crippen LogP contribution in [0.4, 0.5) is 0 Å². The van der Waals surface area contributed by atoms with Gasteiger partial charge in [0, 0.05) is 18.7 Å². The van der Waals surface area contributed by atoms with Gasteiger partial charge >= 0.3 is 0 Å². The number of aromatic amines is 1. The number of phenolic OH excluding ortho intramolecular Hbond substituents is 1. The molecule has 0 atom stereocenters. The second-order valence-corrected chi connectivity index (χ2v) is 3.92. The Kier molecular flexibility index (Phi) is 2.55. The molecule has 18 heavy (non-hydrogen) atoms. The molecular formula is C12H8B2N3O. The van der Waals surface area contributed by atoms with Gasteiger partial charge in [0.15, 0.2) is 5.65 Å². The minimum atomic E-state index is 0.181. The highest BCUT2D eigenvalue weighted by molar-refractivity contribution is 6.98. The molecule has 2 aromatic heterocycles. The van der Waals surface area contributed by atoms with Crippen LogP contribution < -0.4 is 5.46 Å². The Bertz CT molecular complexity index is 711. The fourth-order valence-corrected chi connectivity index (χ4v) is 1.90. The first kappa shape index (κ1) is 10.9. The highest BCUT2D eigenvalue weighted by atomic mass is 16.3. The number of hydrogen-bond donors (Lipinski definition) is 2. The normalized spacial score (nSPS) is 10.7. The van der Waals surface area contributed by atoms with Crippen LogP contribution in [0.15, 0.2) is 36.5 Å². The number of nitrogens with one attached hydrogen (secondary N) is 1. The summed E-state index contributed by atoms with van der Waals surface area (Å²) < 4.78 is 0. The van der Waals surface area contributed by atoms with Gasteiger partial charge in [-0.05, 0) is 24.4 Å². The highest BCUT2D eigenvalue weighted by Gasteiger charge is 2.09. The number of aromatic nitrogens is 3. The number of hydrogen-bond acceptors (Lipinski definition) is 3. The van der Waals surface area contributed by atoms with Crippen LogP contribution in [0.3, 0.4) is 0 Å². The van der Waals surface area contributed by atoms with Gasteiger partial charge in [-0.25, -0.2) is 0 Å². The van der Waals surface area contributed by atoms with Gasteiger partial charge in [-0.3, -0.25) is 0 Å². The van der Waals surface area contributed by atoms with Crippen LogP contribution in [-0.4, -0.2) is 35.2 Å². The summed E-state index contributed by atoms with van der Waals surface area (Å²) in [6.45, 7) is 0. The Morgan fingerprint density at radius 3 is 2.83 bits per heavy atom. The fraction of sp³-hybridized carbons (Fsp3) is 0. The van der Waals surface area contributed by atoms with E-state index in [0.717, 1.165) is 10.8 Å². The lowest BCUT2D eigenvalue weighted by molar-refractivity contribution is 0.477. The third-order valence-corrected chi connectivity index (χ3v) is 2.83. The number of benzene rings is 1. The number of H-pyrrole nitrogens is 1. The lowest BCUT2D eigenvalue weighted by Gasteiger charge is -2.03. The summed E-state index contributed by atoms with van der Waals surface area (Å²) in [6, 6.07) is 8.87. The Labute approximate surface area is 106 Å². The summed E-state index contributed by atoms with van der Waals surface area (Å²) in [5.74, 6) is 0.181.